The summed E-state index contributed by atoms with van der Waals surface area (Å²) in [6.07, 6.45) is 3.00. The molecule has 1 aliphatic rings. The Hall–Kier alpha value is -1.35. The fourth-order valence-corrected chi connectivity index (χ4v) is 2.70. The number of hydrogen-bond acceptors (Lipinski definition) is 2. The van der Waals surface area contributed by atoms with E-state index in [4.69, 9.17) is 0 Å². The third-order valence-electron chi connectivity index (χ3n) is 3.34. The van der Waals surface area contributed by atoms with Crippen molar-refractivity contribution in [1.82, 2.24) is 14.9 Å². The summed E-state index contributed by atoms with van der Waals surface area (Å²) in [5.41, 5.74) is 4.07. The topological polar surface area (TPSA) is 29.9 Å². The van der Waals surface area contributed by atoms with Gasteiger partial charge in [-0.15, -0.1) is 0 Å². The van der Waals surface area contributed by atoms with E-state index in [0.29, 0.717) is 6.04 Å². The van der Waals surface area contributed by atoms with E-state index in [-0.39, 0.29) is 0 Å². The monoisotopic (exact) mass is 245 g/mol. The van der Waals surface area contributed by atoms with Crippen molar-refractivity contribution in [3.8, 4) is 0 Å². The van der Waals surface area contributed by atoms with Crippen LogP contribution in [-0.4, -0.2) is 16.1 Å². The molecule has 98 valence electrons. The van der Waals surface area contributed by atoms with Crippen molar-refractivity contribution in [2.45, 2.75) is 46.7 Å². The molecule has 1 N–H and O–H groups in total. The van der Waals surface area contributed by atoms with E-state index in [1.54, 1.807) is 0 Å². The van der Waals surface area contributed by atoms with Gasteiger partial charge in [-0.3, -0.25) is 0 Å². The number of nitrogens with one attached hydrogen (secondary N) is 1. The molecule has 0 bridgehead atoms. The van der Waals surface area contributed by atoms with Crippen LogP contribution in [0.4, 0.5) is 0 Å². The van der Waals surface area contributed by atoms with Crippen LogP contribution in [0.5, 0.6) is 0 Å². The Bertz CT molecular complexity index is 526. The van der Waals surface area contributed by atoms with Gasteiger partial charge in [0, 0.05) is 42.8 Å². The largest absolute Gasteiger partial charge is 0.327 e. The molecule has 0 amide bonds. The lowest BCUT2D eigenvalue weighted by Gasteiger charge is -2.18. The minimum atomic E-state index is 0.485. The number of rotatable bonds is 1. The zero-order chi connectivity index (χ0) is 13.1. The first kappa shape index (κ1) is 13.1. The van der Waals surface area contributed by atoms with Gasteiger partial charge in [0.05, 0.1) is 0 Å². The third kappa shape index (κ3) is 2.03. The lowest BCUT2D eigenvalue weighted by molar-refractivity contribution is 0.551. The first-order valence-corrected chi connectivity index (χ1v) is 6.96. The van der Waals surface area contributed by atoms with Crippen molar-refractivity contribution < 1.29 is 0 Å². The van der Waals surface area contributed by atoms with Crippen LogP contribution in [0.1, 0.15) is 45.0 Å². The Kier molecular flexibility index (Phi) is 4.02. The van der Waals surface area contributed by atoms with E-state index in [1.165, 1.54) is 16.6 Å². The van der Waals surface area contributed by atoms with Crippen LogP contribution in [0.15, 0.2) is 18.3 Å². The molecule has 0 aromatic carbocycles. The summed E-state index contributed by atoms with van der Waals surface area (Å²) in [7, 11) is 0. The van der Waals surface area contributed by atoms with Gasteiger partial charge >= 0.3 is 0 Å². The van der Waals surface area contributed by atoms with Gasteiger partial charge in [-0.25, -0.2) is 4.98 Å². The summed E-state index contributed by atoms with van der Waals surface area (Å²) >= 11 is 0. The molecule has 2 aromatic rings. The van der Waals surface area contributed by atoms with Gasteiger partial charge in [-0.05, 0) is 31.5 Å². The summed E-state index contributed by atoms with van der Waals surface area (Å²) in [4.78, 5) is 4.54. The Morgan fingerprint density at radius 1 is 1.33 bits per heavy atom. The lowest BCUT2D eigenvalue weighted by Crippen LogP contribution is -2.25. The standard InChI is InChI=1S/C13H17N3.C2H6/c1-9(2)16-12-5-7-14-8-11(12)10-4-3-6-15-13(10)16;1-2/h3-4,6,9,14H,5,7-8H2,1-2H3;1-2H3. The highest BCUT2D eigenvalue weighted by Crippen LogP contribution is 2.29. The molecule has 3 heterocycles. The summed E-state index contributed by atoms with van der Waals surface area (Å²) in [6, 6.07) is 4.70. The molecule has 0 radical (unpaired) electrons. The predicted molar refractivity (Wildman–Crippen MR) is 76.9 cm³/mol. The van der Waals surface area contributed by atoms with Crippen molar-refractivity contribution in [2.75, 3.05) is 6.54 Å². The molecule has 0 aliphatic carbocycles. The van der Waals surface area contributed by atoms with E-state index in [9.17, 15) is 0 Å². The number of fused-ring (bicyclic) bond motifs is 3. The molecule has 0 fully saturated rings. The summed E-state index contributed by atoms with van der Waals surface area (Å²) in [5.74, 6) is 0. The maximum atomic E-state index is 4.54. The van der Waals surface area contributed by atoms with Gasteiger partial charge in [0.1, 0.15) is 5.65 Å². The van der Waals surface area contributed by atoms with Gasteiger partial charge in [0.2, 0.25) is 0 Å². The SMILES string of the molecule is CC.CC(C)n1c2c(c3cccnc31)CNCC2. The highest BCUT2D eigenvalue weighted by Gasteiger charge is 2.21. The molecule has 2 aromatic heterocycles. The van der Waals surface area contributed by atoms with Crippen molar-refractivity contribution in [3.05, 3.63) is 29.6 Å². The molecule has 0 saturated heterocycles. The Morgan fingerprint density at radius 3 is 2.83 bits per heavy atom. The number of nitrogens with zero attached hydrogens (tertiary/aromatic N) is 2. The molecular weight excluding hydrogens is 222 g/mol. The molecule has 0 saturated carbocycles. The van der Waals surface area contributed by atoms with E-state index in [0.717, 1.165) is 25.2 Å². The second-order valence-electron chi connectivity index (χ2n) is 4.69. The second kappa shape index (κ2) is 5.53. The maximum Gasteiger partial charge on any atom is 0.140 e. The van der Waals surface area contributed by atoms with Crippen molar-refractivity contribution in [3.63, 3.8) is 0 Å². The van der Waals surface area contributed by atoms with Crippen LogP contribution < -0.4 is 5.32 Å². The molecule has 3 nitrogen and oxygen atoms in total. The van der Waals surface area contributed by atoms with Gasteiger partial charge in [0.15, 0.2) is 0 Å². The first-order valence-electron chi connectivity index (χ1n) is 6.96. The van der Waals surface area contributed by atoms with Gasteiger partial charge in [-0.1, -0.05) is 13.8 Å². The highest BCUT2D eigenvalue weighted by atomic mass is 15.1. The predicted octanol–water partition coefficient (Wildman–Crippen LogP) is 3.29. The summed E-state index contributed by atoms with van der Waals surface area (Å²) in [6.45, 7) is 10.5. The van der Waals surface area contributed by atoms with Crippen LogP contribution in [0, 0.1) is 0 Å². The highest BCUT2D eigenvalue weighted by molar-refractivity contribution is 5.82. The zero-order valence-electron chi connectivity index (χ0n) is 11.8. The molecule has 0 unspecified atom stereocenters. The second-order valence-corrected chi connectivity index (χ2v) is 4.69. The average molecular weight is 245 g/mol. The van der Waals surface area contributed by atoms with Crippen molar-refractivity contribution in [1.29, 1.82) is 0 Å². The van der Waals surface area contributed by atoms with E-state index >= 15 is 0 Å². The van der Waals surface area contributed by atoms with E-state index in [1.807, 2.05) is 26.1 Å². The molecule has 18 heavy (non-hydrogen) atoms. The minimum Gasteiger partial charge on any atom is -0.327 e. The summed E-state index contributed by atoms with van der Waals surface area (Å²) in [5, 5.41) is 4.76. The van der Waals surface area contributed by atoms with Crippen LogP contribution in [0.25, 0.3) is 11.0 Å². The Labute approximate surface area is 109 Å². The third-order valence-corrected chi connectivity index (χ3v) is 3.34. The van der Waals surface area contributed by atoms with Crippen LogP contribution >= 0.6 is 0 Å². The Balaban J connectivity index is 0.000000574. The maximum absolute atomic E-state index is 4.54. The quantitative estimate of drug-likeness (QED) is 0.835. The number of aromatic nitrogens is 2. The van der Waals surface area contributed by atoms with E-state index in [2.05, 4.69) is 34.8 Å². The average Bonchev–Trinajstić information content (AvgIpc) is 2.75. The van der Waals surface area contributed by atoms with Crippen LogP contribution in [-0.2, 0) is 13.0 Å². The number of hydrogen-bond donors (Lipinski definition) is 1. The van der Waals surface area contributed by atoms with Gasteiger partial charge in [-0.2, -0.15) is 0 Å². The smallest absolute Gasteiger partial charge is 0.140 e. The minimum absolute atomic E-state index is 0.485. The van der Waals surface area contributed by atoms with E-state index < -0.39 is 0 Å². The normalized spacial score (nSPS) is 14.3. The van der Waals surface area contributed by atoms with Crippen molar-refractivity contribution in [2.24, 2.45) is 0 Å². The zero-order valence-corrected chi connectivity index (χ0v) is 11.8. The van der Waals surface area contributed by atoms with Gasteiger partial charge in [0.25, 0.3) is 0 Å². The fraction of sp³-hybridized carbons (Fsp3) is 0.533. The molecule has 3 heteroatoms. The molecule has 1 aliphatic heterocycles. The van der Waals surface area contributed by atoms with Crippen LogP contribution in [0.3, 0.4) is 0 Å². The summed E-state index contributed by atoms with van der Waals surface area (Å²) < 4.78 is 2.39. The Morgan fingerprint density at radius 2 is 2.11 bits per heavy atom. The van der Waals surface area contributed by atoms with Crippen LogP contribution in [0.2, 0.25) is 0 Å². The fourth-order valence-electron chi connectivity index (χ4n) is 2.70. The van der Waals surface area contributed by atoms with Gasteiger partial charge < -0.3 is 9.88 Å². The molecule has 0 spiro atoms. The first-order chi connectivity index (χ1) is 8.79. The number of pyridine rings is 1. The van der Waals surface area contributed by atoms with Crippen molar-refractivity contribution >= 4 is 11.0 Å². The molecular formula is C15H23N3. The molecule has 3 rings (SSSR count). The lowest BCUT2D eigenvalue weighted by atomic mass is 10.1. The molecule has 0 atom stereocenters.